The van der Waals surface area contributed by atoms with Gasteiger partial charge in [-0.2, -0.15) is 0 Å². The van der Waals surface area contributed by atoms with Gasteiger partial charge in [-0.3, -0.25) is 14.5 Å². The summed E-state index contributed by atoms with van der Waals surface area (Å²) in [5.41, 5.74) is -0.380. The lowest BCUT2D eigenvalue weighted by Crippen LogP contribution is -2.42. The van der Waals surface area contributed by atoms with Crippen molar-refractivity contribution in [2.75, 3.05) is 39.3 Å². The fraction of sp³-hybridized carbons (Fsp3) is 0.348. The van der Waals surface area contributed by atoms with E-state index in [2.05, 4.69) is 10.6 Å². The number of imide groups is 1. The van der Waals surface area contributed by atoms with Crippen LogP contribution in [0.1, 0.15) is 18.9 Å². The lowest BCUT2D eigenvalue weighted by Gasteiger charge is -2.23. The molecule has 10 heteroatoms. The molecule has 0 aromatic heterocycles. The SMILES string of the molecule is COc1ccc(C2(C)NC(=O)N(CC(=O)Nc3ccc4c(c3)OCCCO4)C2=O)cc1OC. The molecule has 2 aliphatic rings. The predicted molar refractivity (Wildman–Crippen MR) is 118 cm³/mol. The van der Waals surface area contributed by atoms with Gasteiger partial charge in [-0.05, 0) is 36.8 Å². The number of hydrogen-bond acceptors (Lipinski definition) is 7. The maximum Gasteiger partial charge on any atom is 0.325 e. The Morgan fingerprint density at radius 3 is 2.52 bits per heavy atom. The van der Waals surface area contributed by atoms with E-state index in [9.17, 15) is 14.4 Å². The molecule has 4 amide bonds. The molecular weight excluding hydrogens is 430 g/mol. The summed E-state index contributed by atoms with van der Waals surface area (Å²) in [6.45, 7) is 2.21. The van der Waals surface area contributed by atoms with Gasteiger partial charge in [0.05, 0.1) is 27.4 Å². The van der Waals surface area contributed by atoms with Crippen molar-refractivity contribution < 1.29 is 33.3 Å². The number of carbonyl (C=O) groups is 3. The maximum atomic E-state index is 13.2. The Morgan fingerprint density at radius 2 is 1.79 bits per heavy atom. The number of benzene rings is 2. The van der Waals surface area contributed by atoms with Crippen LogP contribution in [0, 0.1) is 0 Å². The summed E-state index contributed by atoms with van der Waals surface area (Å²) in [6, 6.07) is 9.31. The highest BCUT2D eigenvalue weighted by Gasteiger charge is 2.49. The molecule has 2 heterocycles. The smallest absolute Gasteiger partial charge is 0.325 e. The summed E-state index contributed by atoms with van der Waals surface area (Å²) in [4.78, 5) is 39.3. The molecule has 0 aliphatic carbocycles. The third-order valence-electron chi connectivity index (χ3n) is 5.57. The van der Waals surface area contributed by atoms with Gasteiger partial charge in [0.25, 0.3) is 5.91 Å². The normalized spacial score (nSPS) is 19.5. The van der Waals surface area contributed by atoms with Crippen LogP contribution in [0.4, 0.5) is 10.5 Å². The topological polar surface area (TPSA) is 115 Å². The lowest BCUT2D eigenvalue weighted by molar-refractivity contribution is -0.133. The first-order valence-corrected chi connectivity index (χ1v) is 10.4. The summed E-state index contributed by atoms with van der Waals surface area (Å²) in [7, 11) is 2.99. The summed E-state index contributed by atoms with van der Waals surface area (Å²) in [5.74, 6) is 0.974. The Morgan fingerprint density at radius 1 is 1.06 bits per heavy atom. The maximum absolute atomic E-state index is 13.2. The average Bonchev–Trinajstić information content (AvgIpc) is 2.96. The number of amides is 4. The highest BCUT2D eigenvalue weighted by molar-refractivity contribution is 6.10. The zero-order chi connectivity index (χ0) is 23.6. The van der Waals surface area contributed by atoms with Crippen molar-refractivity contribution >= 4 is 23.5 Å². The first-order valence-electron chi connectivity index (χ1n) is 10.4. The van der Waals surface area contributed by atoms with Crippen LogP contribution in [0.2, 0.25) is 0 Å². The molecule has 2 N–H and O–H groups in total. The standard InChI is InChI=1S/C23H25N3O7/c1-23(14-5-7-16(30-2)18(11-14)31-3)21(28)26(22(29)25-23)13-20(27)24-15-6-8-17-19(12-15)33-10-4-9-32-17/h5-8,11-12H,4,9-10,13H2,1-3H3,(H,24,27)(H,25,29). The number of nitrogens with zero attached hydrogens (tertiary/aromatic N) is 1. The Kier molecular flexibility index (Phi) is 5.99. The molecule has 4 rings (SSSR count). The summed E-state index contributed by atoms with van der Waals surface area (Å²) >= 11 is 0. The number of hydrogen-bond donors (Lipinski definition) is 2. The zero-order valence-corrected chi connectivity index (χ0v) is 18.6. The number of urea groups is 1. The molecular formula is C23H25N3O7. The average molecular weight is 455 g/mol. The molecule has 0 spiro atoms. The van der Waals surface area contributed by atoms with Crippen molar-refractivity contribution in [3.63, 3.8) is 0 Å². The van der Waals surface area contributed by atoms with Crippen molar-refractivity contribution in [3.8, 4) is 23.0 Å². The Balaban J connectivity index is 1.48. The second-order valence-electron chi connectivity index (χ2n) is 7.78. The van der Waals surface area contributed by atoms with Gasteiger partial charge in [-0.1, -0.05) is 6.07 Å². The van der Waals surface area contributed by atoms with E-state index < -0.39 is 29.9 Å². The van der Waals surface area contributed by atoms with Gasteiger partial charge in [-0.25, -0.2) is 4.79 Å². The van der Waals surface area contributed by atoms with Crippen molar-refractivity contribution in [3.05, 3.63) is 42.0 Å². The molecule has 0 radical (unpaired) electrons. The fourth-order valence-electron chi connectivity index (χ4n) is 3.77. The van der Waals surface area contributed by atoms with Crippen molar-refractivity contribution in [2.24, 2.45) is 0 Å². The number of rotatable bonds is 6. The van der Waals surface area contributed by atoms with Crippen LogP contribution in [-0.4, -0.2) is 56.7 Å². The third-order valence-corrected chi connectivity index (χ3v) is 5.57. The number of carbonyl (C=O) groups excluding carboxylic acids is 3. The largest absolute Gasteiger partial charge is 0.493 e. The van der Waals surface area contributed by atoms with Gasteiger partial charge >= 0.3 is 6.03 Å². The molecule has 0 bridgehead atoms. The highest BCUT2D eigenvalue weighted by atomic mass is 16.5. The van der Waals surface area contributed by atoms with Gasteiger partial charge in [0.1, 0.15) is 12.1 Å². The van der Waals surface area contributed by atoms with Crippen LogP contribution >= 0.6 is 0 Å². The van der Waals surface area contributed by atoms with E-state index in [0.717, 1.165) is 11.3 Å². The third kappa shape index (κ3) is 4.23. The second kappa shape index (κ2) is 8.89. The fourth-order valence-corrected chi connectivity index (χ4v) is 3.77. The van der Waals surface area contributed by atoms with E-state index in [1.807, 2.05) is 0 Å². The van der Waals surface area contributed by atoms with Crippen LogP contribution < -0.4 is 29.6 Å². The minimum atomic E-state index is -1.35. The van der Waals surface area contributed by atoms with E-state index in [-0.39, 0.29) is 0 Å². The van der Waals surface area contributed by atoms with E-state index in [1.165, 1.54) is 14.2 Å². The quantitative estimate of drug-likeness (QED) is 0.642. The van der Waals surface area contributed by atoms with Gasteiger partial charge in [0, 0.05) is 18.2 Å². The van der Waals surface area contributed by atoms with E-state index in [0.29, 0.717) is 47.5 Å². The molecule has 1 fully saturated rings. The number of anilines is 1. The Hall–Kier alpha value is -3.95. The van der Waals surface area contributed by atoms with Gasteiger partial charge in [0.2, 0.25) is 5.91 Å². The molecule has 1 saturated heterocycles. The van der Waals surface area contributed by atoms with E-state index in [1.54, 1.807) is 43.3 Å². The van der Waals surface area contributed by atoms with Crippen molar-refractivity contribution in [1.82, 2.24) is 10.2 Å². The van der Waals surface area contributed by atoms with Crippen LogP contribution in [-0.2, 0) is 15.1 Å². The molecule has 2 aromatic carbocycles. The molecule has 174 valence electrons. The van der Waals surface area contributed by atoms with Gasteiger partial charge in [0.15, 0.2) is 23.0 Å². The zero-order valence-electron chi connectivity index (χ0n) is 18.6. The molecule has 2 aromatic rings. The number of ether oxygens (including phenoxy) is 4. The summed E-state index contributed by atoms with van der Waals surface area (Å²) in [6.07, 6.45) is 0.765. The van der Waals surface area contributed by atoms with E-state index >= 15 is 0 Å². The van der Waals surface area contributed by atoms with Crippen molar-refractivity contribution in [2.45, 2.75) is 18.9 Å². The van der Waals surface area contributed by atoms with Gasteiger partial charge in [-0.15, -0.1) is 0 Å². The molecule has 10 nitrogen and oxygen atoms in total. The Labute approximate surface area is 190 Å². The first-order chi connectivity index (χ1) is 15.9. The molecule has 33 heavy (non-hydrogen) atoms. The van der Waals surface area contributed by atoms with Crippen LogP contribution in [0.5, 0.6) is 23.0 Å². The summed E-state index contributed by atoms with van der Waals surface area (Å²) in [5, 5.41) is 5.37. The second-order valence-corrected chi connectivity index (χ2v) is 7.78. The molecule has 2 aliphatic heterocycles. The molecule has 1 atom stereocenters. The minimum absolute atomic E-state index is 0.420. The van der Waals surface area contributed by atoms with Crippen LogP contribution in [0.3, 0.4) is 0 Å². The lowest BCUT2D eigenvalue weighted by atomic mass is 9.91. The molecule has 1 unspecified atom stereocenters. The monoisotopic (exact) mass is 455 g/mol. The Bertz CT molecular complexity index is 1100. The number of nitrogens with one attached hydrogen (secondary N) is 2. The van der Waals surface area contributed by atoms with Crippen LogP contribution in [0.15, 0.2) is 36.4 Å². The van der Waals surface area contributed by atoms with Crippen LogP contribution in [0.25, 0.3) is 0 Å². The van der Waals surface area contributed by atoms with Gasteiger partial charge < -0.3 is 29.6 Å². The molecule has 0 saturated carbocycles. The first kappa shape index (κ1) is 22.3. The number of fused-ring (bicyclic) bond motifs is 1. The van der Waals surface area contributed by atoms with Crippen molar-refractivity contribution in [1.29, 1.82) is 0 Å². The minimum Gasteiger partial charge on any atom is -0.493 e. The van der Waals surface area contributed by atoms with E-state index in [4.69, 9.17) is 18.9 Å². The predicted octanol–water partition coefficient (Wildman–Crippen LogP) is 2.27. The summed E-state index contributed by atoms with van der Waals surface area (Å²) < 4.78 is 21.7. The number of methoxy groups -OCH3 is 2. The highest BCUT2D eigenvalue weighted by Crippen LogP contribution is 2.36.